The van der Waals surface area contributed by atoms with E-state index in [1.54, 1.807) is 6.07 Å². The average Bonchev–Trinajstić information content (AvgIpc) is 3.20. The number of rotatable bonds is 3. The highest BCUT2D eigenvalue weighted by atomic mass is 35.5. The summed E-state index contributed by atoms with van der Waals surface area (Å²) in [6.45, 7) is 0. The fourth-order valence-electron chi connectivity index (χ4n) is 2.47. The van der Waals surface area contributed by atoms with Crippen LogP contribution in [0.4, 0.5) is 5.13 Å². The molecule has 0 spiro atoms. The lowest BCUT2D eigenvalue weighted by Crippen LogP contribution is -2.11. The number of thiazole rings is 1. The summed E-state index contributed by atoms with van der Waals surface area (Å²) in [7, 11) is 0. The van der Waals surface area contributed by atoms with Gasteiger partial charge in [-0.2, -0.15) is 0 Å². The van der Waals surface area contributed by atoms with Gasteiger partial charge in [-0.25, -0.2) is 4.98 Å². The minimum Gasteiger partial charge on any atom is -0.298 e. The Kier molecular flexibility index (Phi) is 4.48. The third-order valence-corrected chi connectivity index (χ3v) is 5.92. The molecule has 124 valence electrons. The van der Waals surface area contributed by atoms with Gasteiger partial charge in [0.2, 0.25) is 0 Å². The van der Waals surface area contributed by atoms with Crippen molar-refractivity contribution in [1.82, 2.24) is 4.98 Å². The van der Waals surface area contributed by atoms with E-state index in [4.69, 9.17) is 23.2 Å². The zero-order chi connectivity index (χ0) is 17.4. The number of hydrogen-bond acceptors (Lipinski definition) is 4. The number of aromatic nitrogens is 1. The van der Waals surface area contributed by atoms with Gasteiger partial charge < -0.3 is 0 Å². The van der Waals surface area contributed by atoms with Gasteiger partial charge in [-0.1, -0.05) is 59.6 Å². The van der Waals surface area contributed by atoms with E-state index in [1.165, 1.54) is 16.7 Å². The maximum atomic E-state index is 12.3. The third kappa shape index (κ3) is 3.41. The predicted molar refractivity (Wildman–Crippen MR) is 107 cm³/mol. The number of nitrogens with zero attached hydrogens (tertiary/aromatic N) is 1. The molecule has 4 rings (SSSR count). The van der Waals surface area contributed by atoms with E-state index >= 15 is 0 Å². The van der Waals surface area contributed by atoms with Gasteiger partial charge in [0.05, 0.1) is 15.6 Å². The Bertz CT molecular complexity index is 1090. The van der Waals surface area contributed by atoms with Crippen LogP contribution in [0.5, 0.6) is 0 Å². The van der Waals surface area contributed by atoms with Crippen LogP contribution in [0.1, 0.15) is 10.4 Å². The fraction of sp³-hybridized carbons (Fsp3) is 0. The zero-order valence-corrected chi connectivity index (χ0v) is 15.8. The van der Waals surface area contributed by atoms with Gasteiger partial charge in [0, 0.05) is 10.9 Å². The lowest BCUT2D eigenvalue weighted by molar-refractivity contribution is 0.102. The molecule has 1 amide bonds. The van der Waals surface area contributed by atoms with Gasteiger partial charge in [-0.15, -0.1) is 22.7 Å². The van der Waals surface area contributed by atoms with Crippen molar-refractivity contribution in [1.29, 1.82) is 0 Å². The van der Waals surface area contributed by atoms with Gasteiger partial charge in [-0.05, 0) is 22.9 Å². The van der Waals surface area contributed by atoms with Crippen LogP contribution in [0, 0.1) is 0 Å². The molecule has 0 radical (unpaired) electrons. The minimum absolute atomic E-state index is 0.312. The molecule has 0 aliphatic heterocycles. The molecule has 1 N–H and O–H groups in total. The van der Waals surface area contributed by atoms with Crippen LogP contribution in [-0.4, -0.2) is 10.9 Å². The van der Waals surface area contributed by atoms with E-state index in [2.05, 4.69) is 34.6 Å². The molecule has 2 heterocycles. The molecule has 0 bridgehead atoms. The standard InChI is InChI=1S/C18H10Cl2N2OS2/c19-15-8-13(16(20)25-15)17(23)22-18-21-14(9-24-18)12-6-5-10-3-1-2-4-11(10)7-12/h1-9H,(H,21,22,23). The lowest BCUT2D eigenvalue weighted by Gasteiger charge is -2.01. The van der Waals surface area contributed by atoms with Crippen LogP contribution < -0.4 is 5.32 Å². The van der Waals surface area contributed by atoms with E-state index in [9.17, 15) is 4.79 Å². The zero-order valence-electron chi connectivity index (χ0n) is 12.6. The summed E-state index contributed by atoms with van der Waals surface area (Å²) >= 11 is 14.4. The molecule has 0 fully saturated rings. The van der Waals surface area contributed by atoms with Crippen molar-refractivity contribution < 1.29 is 4.79 Å². The molecule has 2 aromatic carbocycles. The lowest BCUT2D eigenvalue weighted by atomic mass is 10.1. The average molecular weight is 405 g/mol. The molecule has 0 aliphatic carbocycles. The first-order chi connectivity index (χ1) is 12.1. The summed E-state index contributed by atoms with van der Waals surface area (Å²) in [5.41, 5.74) is 2.19. The Morgan fingerprint density at radius 3 is 2.60 bits per heavy atom. The highest BCUT2D eigenvalue weighted by Crippen LogP contribution is 2.32. The summed E-state index contributed by atoms with van der Waals surface area (Å²) in [6.07, 6.45) is 0. The van der Waals surface area contributed by atoms with Crippen LogP contribution in [0.2, 0.25) is 8.67 Å². The van der Waals surface area contributed by atoms with E-state index in [0.29, 0.717) is 19.4 Å². The van der Waals surface area contributed by atoms with Crippen LogP contribution in [0.15, 0.2) is 53.9 Å². The summed E-state index contributed by atoms with van der Waals surface area (Å²) in [5, 5.41) is 7.54. The second-order valence-corrected chi connectivity index (χ2v) is 8.44. The number of thiophene rings is 1. The van der Waals surface area contributed by atoms with E-state index < -0.39 is 0 Å². The predicted octanol–water partition coefficient (Wildman–Crippen LogP) is 6.58. The fourth-order valence-corrected chi connectivity index (χ4v) is 4.64. The van der Waals surface area contributed by atoms with E-state index in [-0.39, 0.29) is 5.91 Å². The number of hydrogen-bond donors (Lipinski definition) is 1. The Balaban J connectivity index is 1.59. The molecule has 0 aliphatic rings. The van der Waals surface area contributed by atoms with Gasteiger partial charge in [0.1, 0.15) is 4.34 Å². The number of amides is 1. The van der Waals surface area contributed by atoms with E-state index in [1.807, 2.05) is 23.6 Å². The molecular formula is C18H10Cl2N2OS2. The maximum Gasteiger partial charge on any atom is 0.259 e. The van der Waals surface area contributed by atoms with Crippen molar-refractivity contribution in [2.45, 2.75) is 0 Å². The van der Waals surface area contributed by atoms with Crippen molar-refractivity contribution in [3.05, 3.63) is 68.1 Å². The number of carbonyl (C=O) groups excluding carboxylic acids is 1. The first-order valence-electron chi connectivity index (χ1n) is 7.31. The number of halogens is 2. The monoisotopic (exact) mass is 404 g/mol. The summed E-state index contributed by atoms with van der Waals surface area (Å²) < 4.78 is 0.847. The first-order valence-corrected chi connectivity index (χ1v) is 9.76. The molecule has 0 atom stereocenters. The van der Waals surface area contributed by atoms with Crippen molar-refractivity contribution in [3.8, 4) is 11.3 Å². The molecule has 2 aromatic heterocycles. The number of nitrogens with one attached hydrogen (secondary N) is 1. The SMILES string of the molecule is O=C(Nc1nc(-c2ccc3ccccc3c2)cs1)c1cc(Cl)sc1Cl. The summed E-state index contributed by atoms with van der Waals surface area (Å²) in [6, 6.07) is 15.9. The van der Waals surface area contributed by atoms with Gasteiger partial charge in [0.25, 0.3) is 5.91 Å². The smallest absolute Gasteiger partial charge is 0.259 e. The highest BCUT2D eigenvalue weighted by molar-refractivity contribution is 7.20. The molecule has 0 saturated heterocycles. The Hall–Kier alpha value is -1.92. The molecule has 4 aromatic rings. The Labute approximate surface area is 161 Å². The van der Waals surface area contributed by atoms with Crippen molar-refractivity contribution in [3.63, 3.8) is 0 Å². The number of benzene rings is 2. The second-order valence-electron chi connectivity index (χ2n) is 5.29. The minimum atomic E-state index is -0.312. The molecule has 7 heteroatoms. The molecule has 25 heavy (non-hydrogen) atoms. The molecule has 3 nitrogen and oxygen atoms in total. The van der Waals surface area contributed by atoms with Crippen LogP contribution in [0.3, 0.4) is 0 Å². The van der Waals surface area contributed by atoms with Gasteiger partial charge >= 0.3 is 0 Å². The Morgan fingerprint density at radius 1 is 1.04 bits per heavy atom. The van der Waals surface area contributed by atoms with Crippen LogP contribution in [0.25, 0.3) is 22.0 Å². The number of carbonyl (C=O) groups is 1. The molecular weight excluding hydrogens is 395 g/mol. The third-order valence-electron chi connectivity index (χ3n) is 3.67. The van der Waals surface area contributed by atoms with Crippen LogP contribution >= 0.6 is 45.9 Å². The second kappa shape index (κ2) is 6.77. The highest BCUT2D eigenvalue weighted by Gasteiger charge is 2.16. The topological polar surface area (TPSA) is 42.0 Å². The van der Waals surface area contributed by atoms with Gasteiger partial charge in [-0.3, -0.25) is 10.1 Å². The van der Waals surface area contributed by atoms with Crippen molar-refractivity contribution >= 4 is 67.7 Å². The van der Waals surface area contributed by atoms with Gasteiger partial charge in [0.15, 0.2) is 5.13 Å². The first kappa shape index (κ1) is 16.5. The van der Waals surface area contributed by atoms with Crippen LogP contribution in [-0.2, 0) is 0 Å². The number of anilines is 1. The normalized spacial score (nSPS) is 11.0. The Morgan fingerprint density at radius 2 is 1.84 bits per heavy atom. The largest absolute Gasteiger partial charge is 0.298 e. The molecule has 0 unspecified atom stereocenters. The van der Waals surface area contributed by atoms with Crippen molar-refractivity contribution in [2.24, 2.45) is 0 Å². The van der Waals surface area contributed by atoms with E-state index in [0.717, 1.165) is 28.0 Å². The maximum absolute atomic E-state index is 12.3. The molecule has 0 saturated carbocycles. The summed E-state index contributed by atoms with van der Waals surface area (Å²) in [5.74, 6) is -0.312. The van der Waals surface area contributed by atoms with Crippen molar-refractivity contribution in [2.75, 3.05) is 5.32 Å². The quantitative estimate of drug-likeness (QED) is 0.418. The summed E-state index contributed by atoms with van der Waals surface area (Å²) in [4.78, 5) is 16.8. The number of fused-ring (bicyclic) bond motifs is 1.